The first-order valence-corrected chi connectivity index (χ1v) is 12.7. The van der Waals surface area contributed by atoms with Crippen molar-refractivity contribution < 1.29 is 13.2 Å². The van der Waals surface area contributed by atoms with E-state index in [-0.39, 0.29) is 11.0 Å². The van der Waals surface area contributed by atoms with E-state index in [1.807, 2.05) is 12.4 Å². The summed E-state index contributed by atoms with van der Waals surface area (Å²) in [5.74, 6) is 2.31. The lowest BCUT2D eigenvalue weighted by molar-refractivity contribution is 0.199. The molecule has 2 aliphatic rings. The van der Waals surface area contributed by atoms with Gasteiger partial charge in [0.15, 0.2) is 0 Å². The van der Waals surface area contributed by atoms with Crippen molar-refractivity contribution in [1.82, 2.24) is 14.3 Å². The Balaban J connectivity index is 1.19. The zero-order valence-corrected chi connectivity index (χ0v) is 18.4. The lowest BCUT2D eigenvalue weighted by atomic mass is 10.0. The monoisotopic (exact) mass is 457 g/mol. The van der Waals surface area contributed by atoms with E-state index in [1.165, 1.54) is 42.1 Å². The zero-order valence-electron chi connectivity index (χ0n) is 16.8. The van der Waals surface area contributed by atoms with Crippen LogP contribution in [0.2, 0.25) is 0 Å². The molecule has 0 radical (unpaired) electrons. The minimum atomic E-state index is -3.71. The van der Waals surface area contributed by atoms with Crippen molar-refractivity contribution in [1.29, 1.82) is 0 Å². The average Bonchev–Trinajstić information content (AvgIpc) is 3.31. The van der Waals surface area contributed by atoms with Crippen molar-refractivity contribution in [3.05, 3.63) is 53.2 Å². The number of hydrogen-bond acceptors (Lipinski definition) is 8. The van der Waals surface area contributed by atoms with E-state index >= 15 is 0 Å². The third kappa shape index (κ3) is 4.70. The molecule has 2 heterocycles. The fraction of sp³-hybridized carbons (Fsp3) is 0.381. The Morgan fingerprint density at radius 2 is 1.74 bits per heavy atom. The summed E-state index contributed by atoms with van der Waals surface area (Å²) in [5.41, 5.74) is 3.07. The molecule has 2 aliphatic carbocycles. The van der Waals surface area contributed by atoms with Crippen LogP contribution in [0.15, 0.2) is 46.9 Å². The summed E-state index contributed by atoms with van der Waals surface area (Å²) in [7, 11) is -3.71. The summed E-state index contributed by atoms with van der Waals surface area (Å²) >= 11 is 1.48. The Labute approximate surface area is 185 Å². The zero-order chi connectivity index (χ0) is 21.4. The quantitative estimate of drug-likeness (QED) is 0.552. The highest BCUT2D eigenvalue weighted by Gasteiger charge is 2.32. The van der Waals surface area contributed by atoms with Crippen LogP contribution >= 0.6 is 11.5 Å². The molecule has 1 aromatic carbocycles. The average molecular weight is 458 g/mol. The topological polar surface area (TPSA) is 120 Å². The third-order valence-electron chi connectivity index (χ3n) is 5.82. The third-order valence-corrected chi connectivity index (χ3v) is 7.38. The first-order valence-electron chi connectivity index (χ1n) is 10.3. The van der Waals surface area contributed by atoms with Crippen molar-refractivity contribution in [3.63, 3.8) is 0 Å². The van der Waals surface area contributed by atoms with Crippen LogP contribution < -0.4 is 15.2 Å². The van der Waals surface area contributed by atoms with Crippen LogP contribution in [0.3, 0.4) is 0 Å². The number of ether oxygens (including phenoxy) is 1. The predicted molar refractivity (Wildman–Crippen MR) is 118 cm³/mol. The molecule has 0 aliphatic heterocycles. The van der Waals surface area contributed by atoms with Crippen molar-refractivity contribution in [3.8, 4) is 5.88 Å². The second kappa shape index (κ2) is 8.18. The highest BCUT2D eigenvalue weighted by molar-refractivity contribution is 7.89. The van der Waals surface area contributed by atoms with Crippen molar-refractivity contribution in [2.24, 2.45) is 5.14 Å². The van der Waals surface area contributed by atoms with Crippen LogP contribution in [0.25, 0.3) is 0 Å². The van der Waals surface area contributed by atoms with Gasteiger partial charge in [-0.25, -0.2) is 23.5 Å². The molecule has 2 fully saturated rings. The molecule has 3 N–H and O–H groups in total. The molecule has 2 aromatic heterocycles. The SMILES string of the molecule is NS(=O)(=O)c1ccc(Nc2ncc([C@H]3CC[C@@H](Oc4nscc4C4CC4)C3)cn2)cc1. The van der Waals surface area contributed by atoms with E-state index in [4.69, 9.17) is 9.88 Å². The largest absolute Gasteiger partial charge is 0.474 e. The van der Waals surface area contributed by atoms with Gasteiger partial charge in [-0.2, -0.15) is 4.37 Å². The molecule has 3 aromatic rings. The Kier molecular flexibility index (Phi) is 5.37. The molecule has 162 valence electrons. The molecule has 0 saturated heterocycles. The van der Waals surface area contributed by atoms with Gasteiger partial charge >= 0.3 is 0 Å². The van der Waals surface area contributed by atoms with Crippen LogP contribution in [-0.2, 0) is 10.0 Å². The molecule has 5 rings (SSSR count). The summed E-state index contributed by atoms with van der Waals surface area (Å²) in [6, 6.07) is 6.15. The normalized spacial score (nSPS) is 21.2. The number of anilines is 2. The number of hydrogen-bond donors (Lipinski definition) is 2. The van der Waals surface area contributed by atoms with Crippen molar-refractivity contribution in [2.45, 2.75) is 54.9 Å². The number of nitrogens with zero attached hydrogens (tertiary/aromatic N) is 3. The first kappa shape index (κ1) is 20.3. The van der Waals surface area contributed by atoms with Gasteiger partial charge in [0.2, 0.25) is 21.9 Å². The molecular weight excluding hydrogens is 434 g/mol. The minimum absolute atomic E-state index is 0.0641. The molecular formula is C21H23N5O3S2. The molecule has 10 heteroatoms. The van der Waals surface area contributed by atoms with E-state index in [1.54, 1.807) is 12.1 Å². The van der Waals surface area contributed by atoms with E-state index < -0.39 is 10.0 Å². The van der Waals surface area contributed by atoms with E-state index in [0.717, 1.165) is 30.7 Å². The fourth-order valence-electron chi connectivity index (χ4n) is 3.97. The predicted octanol–water partition coefficient (Wildman–Crippen LogP) is 3.92. The van der Waals surface area contributed by atoms with Gasteiger partial charge < -0.3 is 10.1 Å². The molecule has 2 saturated carbocycles. The molecule has 0 amide bonds. The van der Waals surface area contributed by atoms with Gasteiger partial charge in [0.25, 0.3) is 0 Å². The maximum Gasteiger partial charge on any atom is 0.238 e. The number of primary sulfonamides is 1. The van der Waals surface area contributed by atoms with Gasteiger partial charge in [-0.3, -0.25) is 0 Å². The van der Waals surface area contributed by atoms with Crippen LogP contribution in [0.5, 0.6) is 5.88 Å². The van der Waals surface area contributed by atoms with Crippen LogP contribution in [0.1, 0.15) is 55.1 Å². The van der Waals surface area contributed by atoms with Crippen LogP contribution in [-0.4, -0.2) is 28.9 Å². The molecule has 2 atom stereocenters. The standard InChI is InChI=1S/C21H23N5O3S2/c22-31(27,28)18-7-4-16(5-8-18)25-21-23-10-15(11-24-21)14-3-6-17(9-14)29-20-19(12-30-26-20)13-1-2-13/h4-5,7-8,10-14,17H,1-3,6,9H2,(H2,22,27,28)(H,23,24,25)/t14-,17+/m0/s1. The van der Waals surface area contributed by atoms with Gasteiger partial charge in [-0.1, -0.05) is 0 Å². The minimum Gasteiger partial charge on any atom is -0.474 e. The van der Waals surface area contributed by atoms with Crippen LogP contribution in [0, 0.1) is 0 Å². The Morgan fingerprint density at radius 1 is 1.03 bits per heavy atom. The highest BCUT2D eigenvalue weighted by Crippen LogP contribution is 2.46. The second-order valence-corrected chi connectivity index (χ2v) is 10.3. The number of nitrogens with one attached hydrogen (secondary N) is 1. The summed E-state index contributed by atoms with van der Waals surface area (Å²) in [6.07, 6.45) is 9.35. The Morgan fingerprint density at radius 3 is 2.42 bits per heavy atom. The van der Waals surface area contributed by atoms with Crippen LogP contribution in [0.4, 0.5) is 11.6 Å². The van der Waals surface area contributed by atoms with E-state index in [0.29, 0.717) is 23.5 Å². The number of aromatic nitrogens is 3. The highest BCUT2D eigenvalue weighted by atomic mass is 32.2. The van der Waals surface area contributed by atoms with E-state index in [2.05, 4.69) is 25.0 Å². The summed E-state index contributed by atoms with van der Waals surface area (Å²) < 4.78 is 33.4. The smallest absolute Gasteiger partial charge is 0.238 e. The van der Waals surface area contributed by atoms with Crippen molar-refractivity contribution in [2.75, 3.05) is 5.32 Å². The maximum atomic E-state index is 11.3. The number of rotatable bonds is 7. The van der Waals surface area contributed by atoms with Gasteiger partial charge in [0.1, 0.15) is 6.10 Å². The van der Waals surface area contributed by atoms with Gasteiger partial charge in [-0.05, 0) is 85.3 Å². The number of benzene rings is 1. The summed E-state index contributed by atoms with van der Waals surface area (Å²) in [5, 5.41) is 10.3. The molecule has 0 spiro atoms. The van der Waals surface area contributed by atoms with E-state index in [9.17, 15) is 8.42 Å². The molecule has 0 bridgehead atoms. The van der Waals surface area contributed by atoms with Gasteiger partial charge in [0.05, 0.1) is 4.90 Å². The van der Waals surface area contributed by atoms with Crippen molar-refractivity contribution >= 4 is 33.2 Å². The maximum absolute atomic E-state index is 11.3. The molecule has 8 nitrogen and oxygen atoms in total. The number of sulfonamides is 1. The van der Waals surface area contributed by atoms with Gasteiger partial charge in [-0.15, -0.1) is 0 Å². The molecule has 0 unspecified atom stereocenters. The fourth-order valence-corrected chi connectivity index (χ4v) is 5.19. The van der Waals surface area contributed by atoms with Gasteiger partial charge in [0, 0.05) is 29.0 Å². The lowest BCUT2D eigenvalue weighted by Crippen LogP contribution is -2.13. The second-order valence-electron chi connectivity index (χ2n) is 8.13. The Bertz CT molecular complexity index is 1160. The summed E-state index contributed by atoms with van der Waals surface area (Å²) in [6.45, 7) is 0. The Hall–Kier alpha value is -2.56. The summed E-state index contributed by atoms with van der Waals surface area (Å²) in [4.78, 5) is 8.90. The lowest BCUT2D eigenvalue weighted by Gasteiger charge is -2.14. The first-order chi connectivity index (χ1) is 15.0. The number of nitrogens with two attached hydrogens (primary N) is 1. The molecule has 31 heavy (non-hydrogen) atoms.